The van der Waals surface area contributed by atoms with Crippen LogP contribution >= 0.6 is 0 Å². The Hall–Kier alpha value is -3.22. The number of halogens is 1. The largest absolute Gasteiger partial charge is 0.497 e. The van der Waals surface area contributed by atoms with Crippen LogP contribution < -0.4 is 9.64 Å². The molecule has 0 N–H and O–H groups in total. The normalized spacial score (nSPS) is 16.8. The molecule has 1 amide bonds. The first-order valence-electron chi connectivity index (χ1n) is 8.59. The molecular formula is C20H18FN3O3. The second-order valence-corrected chi connectivity index (χ2v) is 6.55. The summed E-state index contributed by atoms with van der Waals surface area (Å²) in [7, 11) is 1.60. The third-order valence-corrected chi connectivity index (χ3v) is 4.66. The molecule has 27 heavy (non-hydrogen) atoms. The van der Waals surface area contributed by atoms with E-state index in [0.29, 0.717) is 23.9 Å². The maximum absolute atomic E-state index is 14.2. The minimum Gasteiger partial charge on any atom is -0.497 e. The highest BCUT2D eigenvalue weighted by Gasteiger charge is 2.35. The van der Waals surface area contributed by atoms with E-state index in [1.54, 1.807) is 31.4 Å². The van der Waals surface area contributed by atoms with Gasteiger partial charge in [-0.1, -0.05) is 11.2 Å². The molecule has 0 radical (unpaired) electrons. The van der Waals surface area contributed by atoms with Crippen molar-refractivity contribution in [3.8, 4) is 17.2 Å². The van der Waals surface area contributed by atoms with Gasteiger partial charge in [-0.3, -0.25) is 4.79 Å². The zero-order chi connectivity index (χ0) is 19.0. The highest BCUT2D eigenvalue weighted by Crippen LogP contribution is 2.33. The van der Waals surface area contributed by atoms with Gasteiger partial charge < -0.3 is 14.2 Å². The van der Waals surface area contributed by atoms with Gasteiger partial charge in [0, 0.05) is 24.4 Å². The number of anilines is 1. The van der Waals surface area contributed by atoms with Crippen molar-refractivity contribution in [2.45, 2.75) is 19.3 Å². The van der Waals surface area contributed by atoms with Crippen LogP contribution in [0.4, 0.5) is 10.1 Å². The van der Waals surface area contributed by atoms with Gasteiger partial charge in [-0.2, -0.15) is 4.98 Å². The van der Waals surface area contributed by atoms with Crippen LogP contribution in [0, 0.1) is 12.7 Å². The Bertz CT molecular complexity index is 984. The Morgan fingerprint density at radius 2 is 2.00 bits per heavy atom. The van der Waals surface area contributed by atoms with E-state index in [2.05, 4.69) is 10.1 Å². The van der Waals surface area contributed by atoms with Crippen LogP contribution in [0.2, 0.25) is 0 Å². The van der Waals surface area contributed by atoms with Gasteiger partial charge in [0.1, 0.15) is 11.6 Å². The van der Waals surface area contributed by atoms with Crippen LogP contribution in [0.1, 0.15) is 23.7 Å². The molecule has 7 heteroatoms. The van der Waals surface area contributed by atoms with Crippen molar-refractivity contribution in [1.29, 1.82) is 0 Å². The molecule has 1 fully saturated rings. The molecule has 1 saturated heterocycles. The van der Waals surface area contributed by atoms with Crippen LogP contribution in [0.3, 0.4) is 0 Å². The summed E-state index contributed by atoms with van der Waals surface area (Å²) in [6.07, 6.45) is 0.217. The zero-order valence-corrected chi connectivity index (χ0v) is 15.0. The predicted octanol–water partition coefficient (Wildman–Crippen LogP) is 3.71. The molecule has 1 unspecified atom stereocenters. The van der Waals surface area contributed by atoms with Gasteiger partial charge in [0.15, 0.2) is 5.82 Å². The molecule has 1 aliphatic heterocycles. The fourth-order valence-electron chi connectivity index (χ4n) is 3.19. The average molecular weight is 367 g/mol. The van der Waals surface area contributed by atoms with Gasteiger partial charge >= 0.3 is 0 Å². The molecule has 1 aromatic heterocycles. The number of rotatable bonds is 4. The number of carbonyl (C=O) groups excluding carboxylic acids is 1. The summed E-state index contributed by atoms with van der Waals surface area (Å²) >= 11 is 0. The molecule has 1 aliphatic rings. The molecule has 0 spiro atoms. The highest BCUT2D eigenvalue weighted by molar-refractivity contribution is 5.96. The third-order valence-electron chi connectivity index (χ3n) is 4.66. The number of nitrogens with zero attached hydrogens (tertiary/aromatic N) is 3. The maximum atomic E-state index is 14.2. The lowest BCUT2D eigenvalue weighted by Gasteiger charge is -2.17. The van der Waals surface area contributed by atoms with Crippen molar-refractivity contribution in [3.05, 3.63) is 59.7 Å². The average Bonchev–Trinajstić information content (AvgIpc) is 3.31. The second kappa shape index (κ2) is 6.83. The monoisotopic (exact) mass is 367 g/mol. The zero-order valence-electron chi connectivity index (χ0n) is 15.0. The molecule has 3 aromatic rings. The molecule has 1 atom stereocenters. The van der Waals surface area contributed by atoms with Crippen molar-refractivity contribution in [1.82, 2.24) is 10.1 Å². The second-order valence-electron chi connectivity index (χ2n) is 6.55. The van der Waals surface area contributed by atoms with Gasteiger partial charge in [0.25, 0.3) is 5.89 Å². The number of aryl methyl sites for hydroxylation is 1. The van der Waals surface area contributed by atoms with Gasteiger partial charge in [-0.05, 0) is 48.9 Å². The molecule has 2 aromatic carbocycles. The Kier molecular flexibility index (Phi) is 4.35. The molecular weight excluding hydrogens is 349 g/mol. The van der Waals surface area contributed by atoms with E-state index in [0.717, 1.165) is 16.9 Å². The van der Waals surface area contributed by atoms with Crippen molar-refractivity contribution in [2.75, 3.05) is 18.6 Å². The van der Waals surface area contributed by atoms with E-state index < -0.39 is 5.82 Å². The minimum absolute atomic E-state index is 0.153. The number of benzene rings is 2. The quantitative estimate of drug-likeness (QED) is 0.703. The van der Waals surface area contributed by atoms with E-state index in [1.165, 1.54) is 11.0 Å². The molecule has 2 heterocycles. The topological polar surface area (TPSA) is 68.5 Å². The molecule has 4 rings (SSSR count). The van der Waals surface area contributed by atoms with Crippen LogP contribution in [0.15, 0.2) is 47.0 Å². The lowest BCUT2D eigenvalue weighted by atomic mass is 10.1. The molecule has 138 valence electrons. The van der Waals surface area contributed by atoms with Crippen LogP contribution in [0.25, 0.3) is 11.5 Å². The van der Waals surface area contributed by atoms with Gasteiger partial charge in [0.2, 0.25) is 5.91 Å². The SMILES string of the molecule is COc1ccc(-c2nc(C3CC(=O)N(c4cc(C)ccc4F)C3)no2)cc1. The van der Waals surface area contributed by atoms with Crippen LogP contribution in [-0.2, 0) is 4.79 Å². The molecule has 0 aliphatic carbocycles. The number of carbonyl (C=O) groups is 1. The van der Waals surface area contributed by atoms with Crippen LogP contribution in [-0.4, -0.2) is 29.7 Å². The lowest BCUT2D eigenvalue weighted by Crippen LogP contribution is -2.25. The standard InChI is InChI=1S/C20H18FN3O3/c1-12-3-8-16(21)17(9-12)24-11-14(10-18(24)25)19-22-20(27-23-19)13-4-6-15(26-2)7-5-13/h3-9,14H,10-11H2,1-2H3. The van der Waals surface area contributed by atoms with E-state index in [-0.39, 0.29) is 18.2 Å². The summed E-state index contributed by atoms with van der Waals surface area (Å²) < 4.78 is 24.6. The summed E-state index contributed by atoms with van der Waals surface area (Å²) in [6, 6.07) is 12.0. The molecule has 6 nitrogen and oxygen atoms in total. The first kappa shape index (κ1) is 17.2. The lowest BCUT2D eigenvalue weighted by molar-refractivity contribution is -0.117. The summed E-state index contributed by atoms with van der Waals surface area (Å²) in [5, 5.41) is 4.03. The smallest absolute Gasteiger partial charge is 0.257 e. The summed E-state index contributed by atoms with van der Waals surface area (Å²) in [6.45, 7) is 2.18. The van der Waals surface area contributed by atoms with E-state index >= 15 is 0 Å². The summed E-state index contributed by atoms with van der Waals surface area (Å²) in [5.41, 5.74) is 1.95. The Balaban J connectivity index is 1.56. The van der Waals surface area contributed by atoms with Gasteiger partial charge in [-0.25, -0.2) is 4.39 Å². The van der Waals surface area contributed by atoms with Gasteiger partial charge in [-0.15, -0.1) is 0 Å². The van der Waals surface area contributed by atoms with Crippen molar-refractivity contribution in [2.24, 2.45) is 0 Å². The fourth-order valence-corrected chi connectivity index (χ4v) is 3.19. The molecule has 0 saturated carbocycles. The third kappa shape index (κ3) is 3.28. The molecule has 0 bridgehead atoms. The Morgan fingerprint density at radius 3 is 2.74 bits per heavy atom. The Morgan fingerprint density at radius 1 is 1.22 bits per heavy atom. The number of aromatic nitrogens is 2. The van der Waals surface area contributed by atoms with Crippen molar-refractivity contribution >= 4 is 11.6 Å². The predicted molar refractivity (Wildman–Crippen MR) is 97.1 cm³/mol. The number of ether oxygens (including phenoxy) is 1. The number of methoxy groups -OCH3 is 1. The van der Waals surface area contributed by atoms with Crippen molar-refractivity contribution < 1.29 is 18.4 Å². The van der Waals surface area contributed by atoms with Crippen LogP contribution in [0.5, 0.6) is 5.75 Å². The maximum Gasteiger partial charge on any atom is 0.257 e. The first-order valence-corrected chi connectivity index (χ1v) is 8.59. The Labute approximate surface area is 155 Å². The van der Waals surface area contributed by atoms with E-state index in [1.807, 2.05) is 19.1 Å². The fraction of sp³-hybridized carbons (Fsp3) is 0.250. The number of amides is 1. The van der Waals surface area contributed by atoms with E-state index in [9.17, 15) is 9.18 Å². The first-order chi connectivity index (χ1) is 13.0. The number of hydrogen-bond donors (Lipinski definition) is 0. The number of hydrogen-bond acceptors (Lipinski definition) is 5. The summed E-state index contributed by atoms with van der Waals surface area (Å²) in [4.78, 5) is 18.3. The van der Waals surface area contributed by atoms with Crippen molar-refractivity contribution in [3.63, 3.8) is 0 Å². The minimum atomic E-state index is -0.415. The highest BCUT2D eigenvalue weighted by atomic mass is 19.1. The van der Waals surface area contributed by atoms with E-state index in [4.69, 9.17) is 9.26 Å². The summed E-state index contributed by atoms with van der Waals surface area (Å²) in [5.74, 6) is 0.746. The van der Waals surface area contributed by atoms with Gasteiger partial charge in [0.05, 0.1) is 12.8 Å².